The summed E-state index contributed by atoms with van der Waals surface area (Å²) in [5, 5.41) is 9.01. The topological polar surface area (TPSA) is 47.3 Å². The molecule has 1 aromatic rings. The molecular weight excluding hydrogens is 318 g/mol. The highest BCUT2D eigenvalue weighted by Gasteiger charge is 2.37. The summed E-state index contributed by atoms with van der Waals surface area (Å²) >= 11 is 3.45. The minimum Gasteiger partial charge on any atom is -0.356 e. The molecule has 2 unspecified atom stereocenters. The molecule has 2 rings (SSSR count). The van der Waals surface area contributed by atoms with Gasteiger partial charge < -0.3 is 9.80 Å². The Morgan fingerprint density at radius 3 is 2.80 bits per heavy atom. The van der Waals surface area contributed by atoms with Gasteiger partial charge in [0.05, 0.1) is 12.5 Å². The van der Waals surface area contributed by atoms with E-state index in [0.717, 1.165) is 22.3 Å². The van der Waals surface area contributed by atoms with Gasteiger partial charge in [0, 0.05) is 29.8 Å². The highest BCUT2D eigenvalue weighted by molar-refractivity contribution is 9.10. The number of benzene rings is 1. The van der Waals surface area contributed by atoms with Crippen molar-refractivity contribution in [2.75, 3.05) is 18.5 Å². The zero-order valence-electron chi connectivity index (χ0n) is 11.9. The Morgan fingerprint density at radius 2 is 2.20 bits per heavy atom. The van der Waals surface area contributed by atoms with Gasteiger partial charge in [0.1, 0.15) is 6.04 Å². The predicted molar refractivity (Wildman–Crippen MR) is 82.5 cm³/mol. The van der Waals surface area contributed by atoms with E-state index in [1.165, 1.54) is 0 Å². The molecule has 0 radical (unpaired) electrons. The second-order valence-electron chi connectivity index (χ2n) is 5.26. The lowest BCUT2D eigenvalue weighted by Crippen LogP contribution is -2.59. The second-order valence-corrected chi connectivity index (χ2v) is 6.18. The second kappa shape index (κ2) is 5.84. The highest BCUT2D eigenvalue weighted by Crippen LogP contribution is 2.29. The zero-order valence-corrected chi connectivity index (χ0v) is 13.5. The van der Waals surface area contributed by atoms with Crippen molar-refractivity contribution in [3.63, 3.8) is 0 Å². The molecule has 0 saturated carbocycles. The van der Waals surface area contributed by atoms with Crippen LogP contribution in [-0.2, 0) is 4.79 Å². The van der Waals surface area contributed by atoms with E-state index >= 15 is 0 Å². The van der Waals surface area contributed by atoms with Gasteiger partial charge in [-0.05, 0) is 37.6 Å². The Hall–Kier alpha value is -1.54. The molecule has 1 aromatic carbocycles. The van der Waals surface area contributed by atoms with Crippen molar-refractivity contribution in [1.29, 1.82) is 5.26 Å². The Bertz CT molecular complexity index is 567. The average Bonchev–Trinajstić information content (AvgIpc) is 2.40. The predicted octanol–water partition coefficient (Wildman–Crippen LogP) is 2.71. The molecule has 2 atom stereocenters. The molecule has 5 heteroatoms. The number of likely N-dealkylation sites (N-methyl/N-ethyl adjacent to an activating group) is 1. The van der Waals surface area contributed by atoms with Crippen LogP contribution in [0.15, 0.2) is 22.7 Å². The van der Waals surface area contributed by atoms with Gasteiger partial charge in [-0.1, -0.05) is 15.9 Å². The van der Waals surface area contributed by atoms with Crippen LogP contribution in [0.3, 0.4) is 0 Å². The van der Waals surface area contributed by atoms with Crippen molar-refractivity contribution in [2.24, 2.45) is 0 Å². The fourth-order valence-electron chi connectivity index (χ4n) is 2.61. The Morgan fingerprint density at radius 1 is 1.50 bits per heavy atom. The number of halogens is 1. The third-order valence-electron chi connectivity index (χ3n) is 3.88. The van der Waals surface area contributed by atoms with Crippen LogP contribution in [0.1, 0.15) is 18.9 Å². The maximum atomic E-state index is 12.4. The summed E-state index contributed by atoms with van der Waals surface area (Å²) in [6.07, 6.45) is 0.214. The molecule has 0 aromatic heterocycles. The average molecular weight is 336 g/mol. The van der Waals surface area contributed by atoms with Crippen LogP contribution < -0.4 is 4.90 Å². The number of piperazine rings is 1. The lowest BCUT2D eigenvalue weighted by atomic mass is 10.0. The van der Waals surface area contributed by atoms with Crippen LogP contribution in [0.2, 0.25) is 0 Å². The number of rotatable bonds is 2. The van der Waals surface area contributed by atoms with Crippen molar-refractivity contribution >= 4 is 27.5 Å². The number of carbonyl (C=O) groups excluding carboxylic acids is 1. The first kappa shape index (κ1) is 14.9. The molecule has 0 N–H and O–H groups in total. The fourth-order valence-corrected chi connectivity index (χ4v) is 3.09. The van der Waals surface area contributed by atoms with Gasteiger partial charge in [0.15, 0.2) is 0 Å². The van der Waals surface area contributed by atoms with Gasteiger partial charge >= 0.3 is 0 Å². The highest BCUT2D eigenvalue weighted by atomic mass is 79.9. The summed E-state index contributed by atoms with van der Waals surface area (Å²) in [6.45, 7) is 4.80. The van der Waals surface area contributed by atoms with E-state index in [0.29, 0.717) is 0 Å². The van der Waals surface area contributed by atoms with Gasteiger partial charge in [-0.2, -0.15) is 5.26 Å². The summed E-state index contributed by atoms with van der Waals surface area (Å²) in [5.74, 6) is 0.0209. The van der Waals surface area contributed by atoms with Crippen molar-refractivity contribution in [3.05, 3.63) is 28.2 Å². The third-order valence-corrected chi connectivity index (χ3v) is 4.38. The Kier molecular flexibility index (Phi) is 4.34. The van der Waals surface area contributed by atoms with Gasteiger partial charge in [-0.25, -0.2) is 0 Å². The van der Waals surface area contributed by atoms with Crippen LogP contribution in [-0.4, -0.2) is 36.5 Å². The summed E-state index contributed by atoms with van der Waals surface area (Å²) < 4.78 is 1.02. The van der Waals surface area contributed by atoms with Crippen molar-refractivity contribution in [2.45, 2.75) is 32.4 Å². The normalized spacial score (nSPS) is 22.9. The van der Waals surface area contributed by atoms with Crippen molar-refractivity contribution in [3.8, 4) is 6.07 Å². The van der Waals surface area contributed by atoms with Crippen LogP contribution >= 0.6 is 15.9 Å². The van der Waals surface area contributed by atoms with E-state index in [2.05, 4.69) is 26.9 Å². The molecule has 1 aliphatic heterocycles. The molecule has 1 heterocycles. The maximum absolute atomic E-state index is 12.4. The fraction of sp³-hybridized carbons (Fsp3) is 0.467. The summed E-state index contributed by atoms with van der Waals surface area (Å²) in [7, 11) is 1.81. The molecule has 20 heavy (non-hydrogen) atoms. The van der Waals surface area contributed by atoms with E-state index in [1.54, 1.807) is 4.90 Å². The van der Waals surface area contributed by atoms with Gasteiger partial charge in [-0.15, -0.1) is 0 Å². The number of nitriles is 1. The minimum atomic E-state index is -0.388. The van der Waals surface area contributed by atoms with Crippen LogP contribution in [0, 0.1) is 18.3 Å². The number of hydrogen-bond donors (Lipinski definition) is 0. The molecule has 106 valence electrons. The van der Waals surface area contributed by atoms with Crippen LogP contribution in [0.5, 0.6) is 0 Å². The molecule has 1 aliphatic rings. The van der Waals surface area contributed by atoms with Gasteiger partial charge in [0.25, 0.3) is 0 Å². The van der Waals surface area contributed by atoms with Gasteiger partial charge in [-0.3, -0.25) is 4.79 Å². The zero-order chi connectivity index (χ0) is 14.9. The lowest BCUT2D eigenvalue weighted by Gasteiger charge is -2.44. The summed E-state index contributed by atoms with van der Waals surface area (Å²) in [5.41, 5.74) is 2.13. The van der Waals surface area contributed by atoms with E-state index in [4.69, 9.17) is 5.26 Å². The van der Waals surface area contributed by atoms with Crippen molar-refractivity contribution in [1.82, 2.24) is 4.90 Å². The van der Waals surface area contributed by atoms with Crippen molar-refractivity contribution < 1.29 is 4.79 Å². The smallest absolute Gasteiger partial charge is 0.246 e. The van der Waals surface area contributed by atoms with Gasteiger partial charge in [0.2, 0.25) is 5.91 Å². The first-order valence-corrected chi connectivity index (χ1v) is 7.41. The summed E-state index contributed by atoms with van der Waals surface area (Å²) in [6, 6.07) is 7.90. The molecule has 1 saturated heterocycles. The molecule has 0 aliphatic carbocycles. The Labute approximate surface area is 128 Å². The standard InChI is InChI=1S/C15H18BrN3O/c1-10-8-12(16)4-5-13(10)19-9-11(2)18(3)15(20)14(19)6-7-17/h4-5,8,11,14H,6,9H2,1-3H3. The SMILES string of the molecule is Cc1cc(Br)ccc1N1CC(C)N(C)C(=O)C1CC#N. The molecule has 1 fully saturated rings. The van der Waals surface area contributed by atoms with E-state index < -0.39 is 0 Å². The maximum Gasteiger partial charge on any atom is 0.246 e. The Balaban J connectivity index is 2.41. The first-order valence-electron chi connectivity index (χ1n) is 6.62. The lowest BCUT2D eigenvalue weighted by molar-refractivity contribution is -0.134. The number of nitrogens with zero attached hydrogens (tertiary/aromatic N) is 3. The monoisotopic (exact) mass is 335 g/mol. The quantitative estimate of drug-likeness (QED) is 0.834. The summed E-state index contributed by atoms with van der Waals surface area (Å²) in [4.78, 5) is 16.2. The van der Waals surface area contributed by atoms with E-state index in [-0.39, 0.29) is 24.4 Å². The number of carbonyl (C=O) groups is 1. The van der Waals surface area contributed by atoms with Crippen LogP contribution in [0.25, 0.3) is 0 Å². The number of anilines is 1. The molecule has 1 amide bonds. The largest absolute Gasteiger partial charge is 0.356 e. The minimum absolute atomic E-state index is 0.0209. The molecule has 0 spiro atoms. The third kappa shape index (κ3) is 2.66. The number of amides is 1. The molecule has 4 nitrogen and oxygen atoms in total. The van der Waals surface area contributed by atoms with E-state index in [1.807, 2.05) is 39.1 Å². The first-order chi connectivity index (χ1) is 9.45. The number of aryl methyl sites for hydroxylation is 1. The number of hydrogen-bond acceptors (Lipinski definition) is 3. The molecule has 0 bridgehead atoms. The molecular formula is C15H18BrN3O. The van der Waals surface area contributed by atoms with Crippen LogP contribution in [0.4, 0.5) is 5.69 Å². The van der Waals surface area contributed by atoms with E-state index in [9.17, 15) is 4.79 Å².